The molecule has 3 fully saturated rings. The van der Waals surface area contributed by atoms with Crippen LogP contribution in [0.3, 0.4) is 0 Å². The van der Waals surface area contributed by atoms with Crippen molar-refractivity contribution in [1.82, 2.24) is 10.3 Å². The maximum Gasteiger partial charge on any atom is 0.339 e. The summed E-state index contributed by atoms with van der Waals surface area (Å²) < 4.78 is 4.70. The minimum atomic E-state index is -0.445. The van der Waals surface area contributed by atoms with Crippen molar-refractivity contribution in [3.8, 4) is 0 Å². The van der Waals surface area contributed by atoms with Crippen LogP contribution in [0.1, 0.15) is 69.2 Å². The Morgan fingerprint density at radius 1 is 1.15 bits per heavy atom. The number of amides is 2. The van der Waals surface area contributed by atoms with Crippen LogP contribution in [0.25, 0.3) is 0 Å². The highest BCUT2D eigenvalue weighted by atomic mass is 16.5. The molecule has 0 aromatic carbocycles. The van der Waals surface area contributed by atoms with E-state index in [9.17, 15) is 14.4 Å². The lowest BCUT2D eigenvalue weighted by molar-refractivity contribution is -0.123. The van der Waals surface area contributed by atoms with Crippen LogP contribution >= 0.6 is 0 Å². The molecule has 7 nitrogen and oxygen atoms in total. The zero-order chi connectivity index (χ0) is 24.1. The normalized spacial score (nSPS) is 38.2. The molecule has 2 heterocycles. The first-order valence-electron chi connectivity index (χ1n) is 12.6. The van der Waals surface area contributed by atoms with E-state index in [1.54, 1.807) is 18.2 Å². The fourth-order valence-electron chi connectivity index (χ4n) is 7.90. The second-order valence-corrected chi connectivity index (χ2v) is 11.2. The largest absolute Gasteiger partial charge is 0.465 e. The first-order valence-corrected chi connectivity index (χ1v) is 12.6. The van der Waals surface area contributed by atoms with E-state index in [0.717, 1.165) is 32.1 Å². The number of hydrogen-bond acceptors (Lipinski definition) is 5. The van der Waals surface area contributed by atoms with E-state index in [2.05, 4.69) is 35.5 Å². The lowest BCUT2D eigenvalue weighted by Gasteiger charge is -2.59. The molecule has 34 heavy (non-hydrogen) atoms. The molecule has 2 amide bonds. The molecule has 0 saturated heterocycles. The van der Waals surface area contributed by atoms with Crippen LogP contribution in [0.4, 0.5) is 5.82 Å². The van der Waals surface area contributed by atoms with Gasteiger partial charge < -0.3 is 15.4 Å². The molecule has 0 radical (unpaired) electrons. The Hall–Kier alpha value is -2.70. The highest BCUT2D eigenvalue weighted by Gasteiger charge is 2.59. The van der Waals surface area contributed by atoms with Gasteiger partial charge in [-0.25, -0.2) is 9.78 Å². The summed E-state index contributed by atoms with van der Waals surface area (Å²) in [5.41, 5.74) is 0.570. The molecule has 0 bridgehead atoms. The van der Waals surface area contributed by atoms with Gasteiger partial charge in [-0.2, -0.15) is 0 Å². The van der Waals surface area contributed by atoms with Crippen molar-refractivity contribution >= 4 is 23.6 Å². The number of rotatable bonds is 4. The summed E-state index contributed by atoms with van der Waals surface area (Å²) in [5, 5.41) is 6.14. The molecule has 3 saturated carbocycles. The maximum absolute atomic E-state index is 12.9. The van der Waals surface area contributed by atoms with E-state index < -0.39 is 5.97 Å². The summed E-state index contributed by atoms with van der Waals surface area (Å²) in [6, 6.07) is 3.50. The number of esters is 1. The lowest BCUT2D eigenvalue weighted by Crippen LogP contribution is -2.59. The van der Waals surface area contributed by atoms with Crippen LogP contribution in [0, 0.1) is 34.5 Å². The van der Waals surface area contributed by atoms with Gasteiger partial charge in [0.25, 0.3) is 0 Å². The van der Waals surface area contributed by atoms with Gasteiger partial charge in [-0.3, -0.25) is 9.59 Å². The van der Waals surface area contributed by atoms with Gasteiger partial charge in [0.2, 0.25) is 11.8 Å². The third kappa shape index (κ3) is 3.73. The number of ether oxygens (including phenoxy) is 1. The van der Waals surface area contributed by atoms with Crippen LogP contribution < -0.4 is 10.6 Å². The molecular weight excluding hydrogens is 430 g/mol. The first kappa shape index (κ1) is 23.1. The third-order valence-electron chi connectivity index (χ3n) is 9.77. The molecule has 0 unspecified atom stereocenters. The minimum Gasteiger partial charge on any atom is -0.465 e. The number of anilines is 1. The molecule has 182 valence electrons. The van der Waals surface area contributed by atoms with Gasteiger partial charge in [0, 0.05) is 24.1 Å². The zero-order valence-electron chi connectivity index (χ0n) is 20.3. The summed E-state index contributed by atoms with van der Waals surface area (Å²) in [6.07, 6.45) is 12.6. The number of nitrogens with zero attached hydrogens (tertiary/aromatic N) is 1. The average Bonchev–Trinajstić information content (AvgIpc) is 3.15. The molecule has 2 N–H and O–H groups in total. The predicted molar refractivity (Wildman–Crippen MR) is 128 cm³/mol. The molecule has 7 heteroatoms. The second-order valence-electron chi connectivity index (χ2n) is 11.2. The molecule has 5 rings (SSSR count). The first-order chi connectivity index (χ1) is 16.2. The molecule has 4 aliphatic rings. The van der Waals surface area contributed by atoms with Crippen LogP contribution in [0.15, 0.2) is 30.5 Å². The smallest absolute Gasteiger partial charge is 0.339 e. The van der Waals surface area contributed by atoms with Gasteiger partial charge in [0.1, 0.15) is 5.82 Å². The monoisotopic (exact) mass is 465 g/mol. The number of hydrogen-bond donors (Lipinski definition) is 2. The Bertz CT molecular complexity index is 1020. The van der Waals surface area contributed by atoms with E-state index >= 15 is 0 Å². The number of carbonyl (C=O) groups is 3. The highest BCUT2D eigenvalue weighted by Crippen LogP contribution is 2.65. The van der Waals surface area contributed by atoms with Crippen molar-refractivity contribution < 1.29 is 19.1 Å². The molecule has 7 atom stereocenters. The van der Waals surface area contributed by atoms with Crippen molar-refractivity contribution in [2.24, 2.45) is 34.5 Å². The Labute approximate surface area is 201 Å². The maximum atomic E-state index is 12.9. The Kier molecular flexibility index (Phi) is 5.77. The zero-order valence-corrected chi connectivity index (χ0v) is 20.3. The van der Waals surface area contributed by atoms with Crippen molar-refractivity contribution in [3.05, 3.63) is 36.0 Å². The van der Waals surface area contributed by atoms with Gasteiger partial charge in [0.05, 0.1) is 12.7 Å². The van der Waals surface area contributed by atoms with Crippen molar-refractivity contribution in [2.45, 2.75) is 64.8 Å². The number of carbonyl (C=O) groups excluding carboxylic acids is 3. The Morgan fingerprint density at radius 3 is 2.71 bits per heavy atom. The summed E-state index contributed by atoms with van der Waals surface area (Å²) in [5.74, 6) is 2.28. The number of fused-ring (bicyclic) bond motifs is 5. The van der Waals surface area contributed by atoms with E-state index in [-0.39, 0.29) is 28.7 Å². The summed E-state index contributed by atoms with van der Waals surface area (Å²) in [6.45, 7) is 4.75. The molecule has 1 aromatic rings. The van der Waals surface area contributed by atoms with Crippen LogP contribution in [0.2, 0.25) is 0 Å². The standard InChI is InChI=1S/C27H35N3O4/c1-26-12-10-20-18(6-8-21-27(20,2)13-11-23(31)29-21)19(26)7-5-17(26)14-24(32)30-22-9-4-16(15-28-22)25(33)34-3/h4,9,11,13,15,17-21H,5-8,10,12,14H2,1-3H3,(H,29,31)(H,28,30,32)/t17-,18+,19+,20+,21-,26-,27-/m1/s1. The van der Waals surface area contributed by atoms with Gasteiger partial charge >= 0.3 is 5.97 Å². The molecule has 1 aromatic heterocycles. The van der Waals surface area contributed by atoms with Crippen LogP contribution in [-0.4, -0.2) is 35.9 Å². The van der Waals surface area contributed by atoms with E-state index in [4.69, 9.17) is 4.74 Å². The van der Waals surface area contributed by atoms with Crippen LogP contribution in [0.5, 0.6) is 0 Å². The van der Waals surface area contributed by atoms with Crippen molar-refractivity contribution in [1.29, 1.82) is 0 Å². The summed E-state index contributed by atoms with van der Waals surface area (Å²) in [4.78, 5) is 40.6. The van der Waals surface area contributed by atoms with Gasteiger partial charge in [-0.1, -0.05) is 19.9 Å². The van der Waals surface area contributed by atoms with Crippen molar-refractivity contribution in [3.63, 3.8) is 0 Å². The summed E-state index contributed by atoms with van der Waals surface area (Å²) >= 11 is 0. The predicted octanol–water partition coefficient (Wildman–Crippen LogP) is 4.11. The van der Waals surface area contributed by atoms with E-state index in [0.29, 0.717) is 41.5 Å². The quantitative estimate of drug-likeness (QED) is 0.652. The SMILES string of the molecule is COC(=O)c1ccc(NC(=O)C[C@H]2CC[C@H]3[C@@H]4CC[C@H]5NC(=O)C=C[C@]5(C)[C@H]4CC[C@]23C)nc1. The number of methoxy groups -OCH3 is 1. The third-order valence-corrected chi connectivity index (χ3v) is 9.77. The number of aromatic nitrogens is 1. The molecular formula is C27H35N3O4. The highest BCUT2D eigenvalue weighted by molar-refractivity contribution is 5.92. The number of pyridine rings is 1. The second kappa shape index (κ2) is 8.51. The molecule has 3 aliphatic carbocycles. The Morgan fingerprint density at radius 2 is 1.97 bits per heavy atom. The van der Waals surface area contributed by atoms with Gasteiger partial charge in [-0.15, -0.1) is 0 Å². The molecule has 1 aliphatic heterocycles. The van der Waals surface area contributed by atoms with Crippen molar-refractivity contribution in [2.75, 3.05) is 12.4 Å². The van der Waals surface area contributed by atoms with E-state index in [1.807, 2.05) is 0 Å². The fourth-order valence-corrected chi connectivity index (χ4v) is 7.90. The fraction of sp³-hybridized carbons (Fsp3) is 0.630. The van der Waals surface area contributed by atoms with Gasteiger partial charge in [-0.05, 0) is 85.8 Å². The van der Waals surface area contributed by atoms with Gasteiger partial charge in [0.15, 0.2) is 0 Å². The van der Waals surface area contributed by atoms with E-state index in [1.165, 1.54) is 19.7 Å². The summed E-state index contributed by atoms with van der Waals surface area (Å²) in [7, 11) is 1.33. The number of nitrogens with one attached hydrogen (secondary N) is 2. The molecule has 0 spiro atoms. The minimum absolute atomic E-state index is 0.0130. The topological polar surface area (TPSA) is 97.4 Å². The Balaban J connectivity index is 1.25. The van der Waals surface area contributed by atoms with Crippen LogP contribution in [-0.2, 0) is 14.3 Å². The lowest BCUT2D eigenvalue weighted by atomic mass is 9.48. The average molecular weight is 466 g/mol.